The first-order valence-electron chi connectivity index (χ1n) is 13.0. The molecule has 0 aliphatic rings. The van der Waals surface area contributed by atoms with E-state index in [2.05, 4.69) is 38.0 Å². The Kier molecular flexibility index (Phi) is 6.48. The van der Waals surface area contributed by atoms with E-state index in [4.69, 9.17) is 15.2 Å². The minimum atomic E-state index is -0.642. The van der Waals surface area contributed by atoms with Gasteiger partial charge in [-0.2, -0.15) is 15.3 Å². The monoisotopic (exact) mass is 537 g/mol. The third-order valence-corrected chi connectivity index (χ3v) is 7.80. The fraction of sp³-hybridized carbons (Fsp3) is 0.267. The van der Waals surface area contributed by atoms with Gasteiger partial charge in [0, 0.05) is 47.0 Å². The second kappa shape index (κ2) is 9.98. The van der Waals surface area contributed by atoms with Gasteiger partial charge in [-0.05, 0) is 36.8 Å². The van der Waals surface area contributed by atoms with Gasteiger partial charge in [0.25, 0.3) is 0 Å². The van der Waals surface area contributed by atoms with Crippen molar-refractivity contribution < 1.29 is 5.11 Å². The third-order valence-electron chi connectivity index (χ3n) is 7.11. The van der Waals surface area contributed by atoms with E-state index < -0.39 is 6.10 Å². The number of benzene rings is 2. The van der Waals surface area contributed by atoms with Gasteiger partial charge in [-0.15, -0.1) is 11.8 Å². The quantitative estimate of drug-likeness (QED) is 0.249. The van der Waals surface area contributed by atoms with Crippen molar-refractivity contribution in [3.05, 3.63) is 83.8 Å². The molecule has 6 aromatic rings. The summed E-state index contributed by atoms with van der Waals surface area (Å²) >= 11 is 1.59. The van der Waals surface area contributed by atoms with Crippen molar-refractivity contribution in [1.29, 1.82) is 0 Å². The summed E-state index contributed by atoms with van der Waals surface area (Å²) in [5.41, 5.74) is 7.67. The van der Waals surface area contributed by atoms with E-state index in [1.807, 2.05) is 77.5 Å². The van der Waals surface area contributed by atoms with Crippen molar-refractivity contribution in [3.63, 3.8) is 0 Å². The Bertz CT molecular complexity index is 1800. The Morgan fingerprint density at radius 1 is 0.974 bits per heavy atom. The fourth-order valence-corrected chi connectivity index (χ4v) is 5.87. The van der Waals surface area contributed by atoms with Crippen LogP contribution in [0, 0.1) is 6.92 Å². The summed E-state index contributed by atoms with van der Waals surface area (Å²) in [6.07, 6.45) is 5.39. The van der Waals surface area contributed by atoms with Crippen LogP contribution in [-0.4, -0.2) is 45.7 Å². The van der Waals surface area contributed by atoms with E-state index in [1.54, 1.807) is 16.4 Å². The molecule has 0 saturated heterocycles. The van der Waals surface area contributed by atoms with Crippen LogP contribution in [0.25, 0.3) is 38.9 Å². The van der Waals surface area contributed by atoms with Crippen molar-refractivity contribution in [2.45, 2.75) is 44.4 Å². The van der Waals surface area contributed by atoms with Gasteiger partial charge in [-0.1, -0.05) is 56.3 Å². The van der Waals surface area contributed by atoms with Gasteiger partial charge >= 0.3 is 0 Å². The molecule has 8 nitrogen and oxygen atoms in total. The molecule has 0 unspecified atom stereocenters. The lowest BCUT2D eigenvalue weighted by Gasteiger charge is -2.10. The first-order valence-corrected chi connectivity index (χ1v) is 14.2. The summed E-state index contributed by atoms with van der Waals surface area (Å²) < 4.78 is 5.65. The Morgan fingerprint density at radius 3 is 2.51 bits per heavy atom. The van der Waals surface area contributed by atoms with Crippen molar-refractivity contribution in [2.75, 3.05) is 6.26 Å². The average Bonchev–Trinajstić information content (AvgIpc) is 3.61. The number of pyridine rings is 1. The smallest absolute Gasteiger partial charge is 0.182 e. The molecule has 4 heterocycles. The molecule has 198 valence electrons. The molecule has 0 spiro atoms. The van der Waals surface area contributed by atoms with Crippen molar-refractivity contribution in [1.82, 2.24) is 34.3 Å². The standard InChI is InChI=1S/C30H31N7OS/c1-18(2)27-19(3)37(25-14-21-15-35(4)34-29(21)31-30(25)39-5)33-28(27)22-12-9-13-24-23(22)16-36(32-24)17-26(38)20-10-7-6-8-11-20/h6-16,18,26,38H,17H2,1-5H3/t26-/m0/s1. The number of aliphatic hydroxyl groups excluding tert-OH is 1. The molecule has 0 radical (unpaired) electrons. The van der Waals surface area contributed by atoms with Crippen LogP contribution in [0.2, 0.25) is 0 Å². The number of rotatable bonds is 7. The summed E-state index contributed by atoms with van der Waals surface area (Å²) in [7, 11) is 1.91. The average molecular weight is 538 g/mol. The SMILES string of the molecule is CSc1nc2nn(C)cc2cc1-n1nc(-c2cccc3nn(C[C@H](O)c4ccccc4)cc23)c(C(C)C)c1C. The van der Waals surface area contributed by atoms with E-state index in [0.29, 0.717) is 6.54 Å². The lowest BCUT2D eigenvalue weighted by atomic mass is 9.95. The number of hydrogen-bond donors (Lipinski definition) is 1. The number of aromatic nitrogens is 7. The molecule has 2 aromatic carbocycles. The maximum atomic E-state index is 10.8. The van der Waals surface area contributed by atoms with Gasteiger partial charge in [0.2, 0.25) is 0 Å². The molecule has 0 aliphatic heterocycles. The van der Waals surface area contributed by atoms with Gasteiger partial charge in [0.15, 0.2) is 5.65 Å². The summed E-state index contributed by atoms with van der Waals surface area (Å²) in [5, 5.41) is 28.2. The van der Waals surface area contributed by atoms with E-state index in [9.17, 15) is 5.11 Å². The Labute approximate surface area is 231 Å². The molecule has 0 saturated carbocycles. The molecule has 0 aliphatic carbocycles. The third kappa shape index (κ3) is 4.51. The van der Waals surface area contributed by atoms with Crippen molar-refractivity contribution in [2.24, 2.45) is 7.05 Å². The molecule has 39 heavy (non-hydrogen) atoms. The lowest BCUT2D eigenvalue weighted by Crippen LogP contribution is -2.08. The second-order valence-corrected chi connectivity index (χ2v) is 11.0. The molecule has 1 N–H and O–H groups in total. The van der Waals surface area contributed by atoms with Crippen LogP contribution in [0.15, 0.2) is 72.0 Å². The molecule has 6 rings (SSSR count). The topological polar surface area (TPSA) is 86.6 Å². The normalized spacial score (nSPS) is 12.7. The largest absolute Gasteiger partial charge is 0.386 e. The van der Waals surface area contributed by atoms with Gasteiger partial charge in [-0.25, -0.2) is 9.67 Å². The van der Waals surface area contributed by atoms with Crippen LogP contribution in [-0.2, 0) is 13.6 Å². The summed E-state index contributed by atoms with van der Waals surface area (Å²) in [4.78, 5) is 4.83. The second-order valence-electron chi connectivity index (χ2n) is 10.2. The summed E-state index contributed by atoms with van der Waals surface area (Å²) in [6, 6.07) is 18.0. The highest BCUT2D eigenvalue weighted by atomic mass is 32.2. The molecule has 4 aromatic heterocycles. The first-order chi connectivity index (χ1) is 18.8. The van der Waals surface area contributed by atoms with Crippen LogP contribution in [0.5, 0.6) is 0 Å². The highest BCUT2D eigenvalue weighted by Crippen LogP contribution is 2.37. The van der Waals surface area contributed by atoms with Crippen LogP contribution >= 0.6 is 11.8 Å². The first kappa shape index (κ1) is 25.3. The maximum Gasteiger partial charge on any atom is 0.182 e. The molecule has 9 heteroatoms. The number of aliphatic hydroxyl groups is 1. The zero-order valence-corrected chi connectivity index (χ0v) is 23.5. The molecule has 0 amide bonds. The van der Waals surface area contributed by atoms with Crippen molar-refractivity contribution in [3.8, 4) is 16.9 Å². The maximum absolute atomic E-state index is 10.8. The summed E-state index contributed by atoms with van der Waals surface area (Å²) in [6.45, 7) is 6.91. The van der Waals surface area contributed by atoms with Gasteiger partial charge < -0.3 is 5.11 Å². The highest BCUT2D eigenvalue weighted by molar-refractivity contribution is 7.98. The fourth-order valence-electron chi connectivity index (χ4n) is 5.34. The molecule has 0 bridgehead atoms. The van der Waals surface area contributed by atoms with Crippen LogP contribution in [0.3, 0.4) is 0 Å². The highest BCUT2D eigenvalue weighted by Gasteiger charge is 2.24. The molecule has 0 fully saturated rings. The Hall–Kier alpha value is -3.95. The number of thioether (sulfide) groups is 1. The van der Waals surface area contributed by atoms with E-state index in [-0.39, 0.29) is 5.92 Å². The van der Waals surface area contributed by atoms with E-state index >= 15 is 0 Å². The zero-order chi connectivity index (χ0) is 27.3. The number of aryl methyl sites for hydroxylation is 1. The minimum Gasteiger partial charge on any atom is -0.386 e. The van der Waals surface area contributed by atoms with Crippen LogP contribution in [0.4, 0.5) is 0 Å². The van der Waals surface area contributed by atoms with Gasteiger partial charge in [0.05, 0.1) is 29.5 Å². The Morgan fingerprint density at radius 2 is 1.77 bits per heavy atom. The Balaban J connectivity index is 1.48. The predicted octanol–water partition coefficient (Wildman–Crippen LogP) is 6.06. The van der Waals surface area contributed by atoms with E-state index in [1.165, 1.54) is 5.56 Å². The van der Waals surface area contributed by atoms with Crippen LogP contribution < -0.4 is 0 Å². The van der Waals surface area contributed by atoms with Gasteiger partial charge in [0.1, 0.15) is 5.03 Å². The molecule has 1 atom stereocenters. The van der Waals surface area contributed by atoms with Gasteiger partial charge in [-0.3, -0.25) is 9.36 Å². The molecular formula is C30H31N7OS. The van der Waals surface area contributed by atoms with Crippen molar-refractivity contribution >= 4 is 33.7 Å². The lowest BCUT2D eigenvalue weighted by molar-refractivity contribution is 0.152. The molecular weight excluding hydrogens is 506 g/mol. The number of nitrogens with zero attached hydrogens (tertiary/aromatic N) is 7. The van der Waals surface area contributed by atoms with E-state index in [0.717, 1.165) is 55.2 Å². The zero-order valence-electron chi connectivity index (χ0n) is 22.7. The number of hydrogen-bond acceptors (Lipinski definition) is 6. The predicted molar refractivity (Wildman–Crippen MR) is 156 cm³/mol. The van der Waals surface area contributed by atoms with Crippen LogP contribution in [0.1, 0.15) is 42.7 Å². The number of fused-ring (bicyclic) bond motifs is 2. The summed E-state index contributed by atoms with van der Waals surface area (Å²) in [5.74, 6) is 0.256. The minimum absolute atomic E-state index is 0.256.